The molecule has 0 bridgehead atoms. The molecule has 0 saturated heterocycles. The summed E-state index contributed by atoms with van der Waals surface area (Å²) in [5.41, 5.74) is 1.82. The van der Waals surface area contributed by atoms with Crippen molar-refractivity contribution >= 4 is 11.0 Å². The van der Waals surface area contributed by atoms with Crippen LogP contribution >= 0.6 is 0 Å². The van der Waals surface area contributed by atoms with E-state index in [1.54, 1.807) is 12.1 Å². The number of aliphatic hydroxyl groups excluding tert-OH is 1. The number of hydrogen-bond acceptors (Lipinski definition) is 4. The summed E-state index contributed by atoms with van der Waals surface area (Å²) in [4.78, 5) is 8.55. The molecule has 1 heterocycles. The van der Waals surface area contributed by atoms with Gasteiger partial charge in [-0.3, -0.25) is 4.98 Å². The SMILES string of the molecule is COc1ccc(C(O)c2cnc3ccccc3n2)c(F)c1. The van der Waals surface area contributed by atoms with Gasteiger partial charge in [0.25, 0.3) is 0 Å². The highest BCUT2D eigenvalue weighted by atomic mass is 19.1. The summed E-state index contributed by atoms with van der Waals surface area (Å²) in [6.07, 6.45) is 0.282. The van der Waals surface area contributed by atoms with Crippen molar-refractivity contribution in [3.05, 3.63) is 65.7 Å². The number of para-hydroxylation sites is 2. The van der Waals surface area contributed by atoms with Gasteiger partial charge in [0.2, 0.25) is 0 Å². The molecular formula is C16H13FN2O2. The zero-order valence-corrected chi connectivity index (χ0v) is 11.3. The average molecular weight is 284 g/mol. The van der Waals surface area contributed by atoms with Crippen LogP contribution in [0.25, 0.3) is 11.0 Å². The third-order valence-electron chi connectivity index (χ3n) is 3.25. The van der Waals surface area contributed by atoms with E-state index in [-0.39, 0.29) is 5.56 Å². The van der Waals surface area contributed by atoms with Crippen molar-refractivity contribution in [1.82, 2.24) is 9.97 Å². The van der Waals surface area contributed by atoms with Gasteiger partial charge in [-0.25, -0.2) is 9.37 Å². The van der Waals surface area contributed by atoms with Crippen LogP contribution in [0, 0.1) is 5.82 Å². The van der Waals surface area contributed by atoms with E-state index in [0.717, 1.165) is 5.52 Å². The zero-order chi connectivity index (χ0) is 14.8. The Hall–Kier alpha value is -2.53. The Balaban J connectivity index is 2.01. The maximum atomic E-state index is 14.0. The normalized spacial score (nSPS) is 12.3. The van der Waals surface area contributed by atoms with E-state index in [4.69, 9.17) is 4.74 Å². The first-order valence-corrected chi connectivity index (χ1v) is 6.42. The van der Waals surface area contributed by atoms with Gasteiger partial charge < -0.3 is 9.84 Å². The van der Waals surface area contributed by atoms with E-state index in [0.29, 0.717) is 17.0 Å². The third kappa shape index (κ3) is 2.55. The summed E-state index contributed by atoms with van der Waals surface area (Å²) in [5, 5.41) is 10.3. The zero-order valence-electron chi connectivity index (χ0n) is 11.3. The standard InChI is InChI=1S/C16H13FN2O2/c1-21-10-6-7-11(12(17)8-10)16(20)15-9-18-13-4-2-3-5-14(13)19-15/h2-9,16,20H,1H3. The van der Waals surface area contributed by atoms with Crippen LogP contribution in [0.2, 0.25) is 0 Å². The fraction of sp³-hybridized carbons (Fsp3) is 0.125. The molecule has 0 aliphatic carbocycles. The molecule has 21 heavy (non-hydrogen) atoms. The Labute approximate surface area is 120 Å². The second-order valence-electron chi connectivity index (χ2n) is 4.57. The summed E-state index contributed by atoms with van der Waals surface area (Å²) >= 11 is 0. The van der Waals surface area contributed by atoms with Crippen LogP contribution in [0.4, 0.5) is 4.39 Å². The molecule has 2 aromatic carbocycles. The molecule has 5 heteroatoms. The number of nitrogens with zero attached hydrogens (tertiary/aromatic N) is 2. The molecule has 3 aromatic rings. The quantitative estimate of drug-likeness (QED) is 0.803. The molecular weight excluding hydrogens is 271 g/mol. The minimum atomic E-state index is -1.17. The maximum Gasteiger partial charge on any atom is 0.133 e. The lowest BCUT2D eigenvalue weighted by Crippen LogP contribution is -2.06. The van der Waals surface area contributed by atoms with Crippen molar-refractivity contribution in [1.29, 1.82) is 0 Å². The Morgan fingerprint density at radius 3 is 2.62 bits per heavy atom. The van der Waals surface area contributed by atoms with Crippen molar-refractivity contribution in [2.45, 2.75) is 6.10 Å². The highest BCUT2D eigenvalue weighted by molar-refractivity contribution is 5.73. The number of aromatic nitrogens is 2. The van der Waals surface area contributed by atoms with Crippen LogP contribution in [0.1, 0.15) is 17.4 Å². The number of aliphatic hydroxyl groups is 1. The molecule has 3 rings (SSSR count). The molecule has 4 nitrogen and oxygen atoms in total. The van der Waals surface area contributed by atoms with Crippen LogP contribution < -0.4 is 4.74 Å². The second-order valence-corrected chi connectivity index (χ2v) is 4.57. The van der Waals surface area contributed by atoms with Crippen molar-refractivity contribution in [2.75, 3.05) is 7.11 Å². The van der Waals surface area contributed by atoms with Gasteiger partial charge in [-0.15, -0.1) is 0 Å². The summed E-state index contributed by atoms with van der Waals surface area (Å²) in [7, 11) is 1.46. The van der Waals surface area contributed by atoms with Gasteiger partial charge in [0.05, 0.1) is 30.0 Å². The third-order valence-corrected chi connectivity index (χ3v) is 3.25. The van der Waals surface area contributed by atoms with Crippen LogP contribution in [-0.2, 0) is 0 Å². The fourth-order valence-corrected chi connectivity index (χ4v) is 2.12. The molecule has 0 aliphatic heterocycles. The number of methoxy groups -OCH3 is 1. The average Bonchev–Trinajstić information content (AvgIpc) is 2.53. The van der Waals surface area contributed by atoms with E-state index in [2.05, 4.69) is 9.97 Å². The molecule has 0 radical (unpaired) electrons. The topological polar surface area (TPSA) is 55.2 Å². The van der Waals surface area contributed by atoms with Gasteiger partial charge >= 0.3 is 0 Å². The summed E-state index contributed by atoms with van der Waals surface area (Å²) in [5.74, 6) is -0.148. The van der Waals surface area contributed by atoms with E-state index in [1.807, 2.05) is 18.2 Å². The highest BCUT2D eigenvalue weighted by Crippen LogP contribution is 2.26. The van der Waals surface area contributed by atoms with Gasteiger partial charge in [-0.05, 0) is 24.3 Å². The fourth-order valence-electron chi connectivity index (χ4n) is 2.12. The van der Waals surface area contributed by atoms with Crippen molar-refractivity contribution in [3.63, 3.8) is 0 Å². The van der Waals surface area contributed by atoms with Crippen LogP contribution in [0.5, 0.6) is 5.75 Å². The molecule has 1 aromatic heterocycles. The number of hydrogen-bond donors (Lipinski definition) is 1. The van der Waals surface area contributed by atoms with E-state index < -0.39 is 11.9 Å². The number of benzene rings is 2. The van der Waals surface area contributed by atoms with E-state index in [9.17, 15) is 9.50 Å². The predicted molar refractivity (Wildman–Crippen MR) is 76.6 cm³/mol. The predicted octanol–water partition coefficient (Wildman–Crippen LogP) is 2.86. The molecule has 106 valence electrons. The molecule has 0 saturated carbocycles. The monoisotopic (exact) mass is 284 g/mol. The molecule has 1 unspecified atom stereocenters. The molecule has 0 amide bonds. The summed E-state index contributed by atoms with van der Waals surface area (Å²) in [6.45, 7) is 0. The Kier molecular flexibility index (Phi) is 3.50. The Morgan fingerprint density at radius 2 is 1.90 bits per heavy atom. The number of rotatable bonds is 3. The number of ether oxygens (including phenoxy) is 1. The highest BCUT2D eigenvalue weighted by Gasteiger charge is 2.17. The lowest BCUT2D eigenvalue weighted by atomic mass is 10.1. The van der Waals surface area contributed by atoms with Crippen molar-refractivity contribution in [3.8, 4) is 5.75 Å². The smallest absolute Gasteiger partial charge is 0.133 e. The summed E-state index contributed by atoms with van der Waals surface area (Å²) < 4.78 is 18.9. The summed E-state index contributed by atoms with van der Waals surface area (Å²) in [6, 6.07) is 11.6. The van der Waals surface area contributed by atoms with Gasteiger partial charge in [0, 0.05) is 11.6 Å². The van der Waals surface area contributed by atoms with Gasteiger partial charge in [-0.2, -0.15) is 0 Å². The second kappa shape index (κ2) is 5.46. The van der Waals surface area contributed by atoms with Crippen LogP contribution in [0.15, 0.2) is 48.7 Å². The molecule has 1 N–H and O–H groups in total. The molecule has 0 aliphatic rings. The lowest BCUT2D eigenvalue weighted by Gasteiger charge is -2.12. The van der Waals surface area contributed by atoms with Gasteiger partial charge in [0.1, 0.15) is 17.7 Å². The van der Waals surface area contributed by atoms with Crippen LogP contribution in [0.3, 0.4) is 0 Å². The lowest BCUT2D eigenvalue weighted by molar-refractivity contribution is 0.210. The van der Waals surface area contributed by atoms with E-state index in [1.165, 1.54) is 25.4 Å². The minimum absolute atomic E-state index is 0.139. The molecule has 0 fully saturated rings. The number of halogens is 1. The van der Waals surface area contributed by atoms with Crippen LogP contribution in [-0.4, -0.2) is 22.2 Å². The number of fused-ring (bicyclic) bond motifs is 1. The van der Waals surface area contributed by atoms with E-state index >= 15 is 0 Å². The van der Waals surface area contributed by atoms with Crippen molar-refractivity contribution in [2.24, 2.45) is 0 Å². The van der Waals surface area contributed by atoms with Crippen molar-refractivity contribution < 1.29 is 14.2 Å². The Morgan fingerprint density at radius 1 is 1.14 bits per heavy atom. The first-order valence-electron chi connectivity index (χ1n) is 6.42. The first kappa shape index (κ1) is 13.5. The largest absolute Gasteiger partial charge is 0.497 e. The van der Waals surface area contributed by atoms with Gasteiger partial charge in [0.15, 0.2) is 0 Å². The molecule has 1 atom stereocenters. The maximum absolute atomic E-state index is 14.0. The minimum Gasteiger partial charge on any atom is -0.497 e. The van der Waals surface area contributed by atoms with Gasteiger partial charge in [-0.1, -0.05) is 12.1 Å². The molecule has 0 spiro atoms. The first-order chi connectivity index (χ1) is 10.2. The Bertz CT molecular complexity index is 792.